The summed E-state index contributed by atoms with van der Waals surface area (Å²) in [5.74, 6) is 0.451. The fourth-order valence-electron chi connectivity index (χ4n) is 2.08. The van der Waals surface area contributed by atoms with Crippen molar-refractivity contribution in [1.29, 1.82) is 0 Å². The fourth-order valence-corrected chi connectivity index (χ4v) is 2.08. The quantitative estimate of drug-likeness (QED) is 0.738. The molecule has 0 spiro atoms. The average molecular weight is 242 g/mol. The van der Waals surface area contributed by atoms with Gasteiger partial charge in [-0.1, -0.05) is 20.3 Å². The van der Waals surface area contributed by atoms with Crippen LogP contribution in [0.5, 0.6) is 0 Å². The maximum atomic E-state index is 11.8. The van der Waals surface area contributed by atoms with Crippen LogP contribution >= 0.6 is 0 Å². The third kappa shape index (κ3) is 5.04. The normalized spacial score (nSPS) is 20.9. The minimum Gasteiger partial charge on any atom is -0.381 e. The Balaban J connectivity index is 2.27. The summed E-state index contributed by atoms with van der Waals surface area (Å²) >= 11 is 0. The molecule has 1 heterocycles. The first-order valence-corrected chi connectivity index (χ1v) is 6.64. The van der Waals surface area contributed by atoms with Crippen molar-refractivity contribution in [2.24, 2.45) is 17.1 Å². The van der Waals surface area contributed by atoms with Gasteiger partial charge in [-0.25, -0.2) is 0 Å². The molecule has 1 rings (SSSR count). The van der Waals surface area contributed by atoms with Gasteiger partial charge in [-0.05, 0) is 30.7 Å². The Morgan fingerprint density at radius 1 is 1.47 bits per heavy atom. The van der Waals surface area contributed by atoms with Crippen LogP contribution < -0.4 is 11.1 Å². The topological polar surface area (TPSA) is 64.4 Å². The molecule has 0 radical (unpaired) electrons. The molecule has 0 bridgehead atoms. The number of nitrogens with one attached hydrogen (secondary N) is 1. The summed E-state index contributed by atoms with van der Waals surface area (Å²) in [5, 5.41) is 3.04. The highest BCUT2D eigenvalue weighted by molar-refractivity contribution is 5.76. The molecule has 1 saturated heterocycles. The zero-order valence-corrected chi connectivity index (χ0v) is 11.1. The number of ether oxygens (including phenoxy) is 1. The van der Waals surface area contributed by atoms with E-state index >= 15 is 0 Å². The van der Waals surface area contributed by atoms with Gasteiger partial charge in [-0.3, -0.25) is 4.79 Å². The molecule has 100 valence electrons. The molecule has 0 aromatic rings. The van der Waals surface area contributed by atoms with Crippen molar-refractivity contribution >= 4 is 5.91 Å². The van der Waals surface area contributed by atoms with Crippen molar-refractivity contribution in [3.05, 3.63) is 0 Å². The van der Waals surface area contributed by atoms with Gasteiger partial charge in [0.2, 0.25) is 5.91 Å². The van der Waals surface area contributed by atoms with Gasteiger partial charge in [0.15, 0.2) is 0 Å². The van der Waals surface area contributed by atoms with Gasteiger partial charge in [-0.15, -0.1) is 0 Å². The Kier molecular flexibility index (Phi) is 5.92. The van der Waals surface area contributed by atoms with Crippen molar-refractivity contribution < 1.29 is 9.53 Å². The number of hydrogen-bond donors (Lipinski definition) is 2. The van der Waals surface area contributed by atoms with Crippen LogP contribution in [0.2, 0.25) is 0 Å². The molecule has 0 aromatic heterocycles. The van der Waals surface area contributed by atoms with E-state index < -0.39 is 0 Å². The smallest absolute Gasteiger partial charge is 0.220 e. The van der Waals surface area contributed by atoms with Gasteiger partial charge >= 0.3 is 0 Å². The summed E-state index contributed by atoms with van der Waals surface area (Å²) in [7, 11) is 0. The molecule has 4 heteroatoms. The summed E-state index contributed by atoms with van der Waals surface area (Å²) < 4.78 is 5.34. The molecule has 4 nitrogen and oxygen atoms in total. The van der Waals surface area contributed by atoms with Gasteiger partial charge in [0.1, 0.15) is 0 Å². The summed E-state index contributed by atoms with van der Waals surface area (Å²) in [6, 6.07) is 0. The average Bonchev–Trinajstić information content (AvgIpc) is 2.34. The third-order valence-electron chi connectivity index (χ3n) is 3.80. The van der Waals surface area contributed by atoms with Gasteiger partial charge in [0.25, 0.3) is 0 Å². The minimum atomic E-state index is 0.134. The molecule has 1 fully saturated rings. The highest BCUT2D eigenvalue weighted by atomic mass is 16.5. The van der Waals surface area contributed by atoms with Gasteiger partial charge in [0, 0.05) is 26.2 Å². The minimum absolute atomic E-state index is 0.134. The number of carbonyl (C=O) groups is 1. The molecular weight excluding hydrogens is 216 g/mol. The molecule has 0 aromatic carbocycles. The van der Waals surface area contributed by atoms with Crippen LogP contribution in [-0.4, -0.2) is 32.2 Å². The van der Waals surface area contributed by atoms with E-state index in [4.69, 9.17) is 10.5 Å². The second kappa shape index (κ2) is 6.97. The van der Waals surface area contributed by atoms with Gasteiger partial charge in [0.05, 0.1) is 0 Å². The Morgan fingerprint density at radius 2 is 2.12 bits per heavy atom. The first kappa shape index (κ1) is 14.5. The predicted molar refractivity (Wildman–Crippen MR) is 68.6 cm³/mol. The van der Waals surface area contributed by atoms with E-state index in [0.29, 0.717) is 18.9 Å². The number of amides is 1. The molecule has 3 N–H and O–H groups in total. The van der Waals surface area contributed by atoms with Crippen molar-refractivity contribution in [2.45, 2.75) is 39.5 Å². The first-order valence-electron chi connectivity index (χ1n) is 6.64. The van der Waals surface area contributed by atoms with Gasteiger partial charge < -0.3 is 15.8 Å². The van der Waals surface area contributed by atoms with Crippen molar-refractivity contribution in [1.82, 2.24) is 5.32 Å². The predicted octanol–water partition coefficient (Wildman–Crippen LogP) is 1.29. The first-order chi connectivity index (χ1) is 8.09. The van der Waals surface area contributed by atoms with E-state index in [9.17, 15) is 4.79 Å². The van der Waals surface area contributed by atoms with Crippen molar-refractivity contribution in [3.8, 4) is 0 Å². The lowest BCUT2D eigenvalue weighted by atomic mass is 9.82. The van der Waals surface area contributed by atoms with Crippen molar-refractivity contribution in [3.63, 3.8) is 0 Å². The Labute approximate surface area is 104 Å². The summed E-state index contributed by atoms with van der Waals surface area (Å²) in [4.78, 5) is 11.8. The highest BCUT2D eigenvalue weighted by Gasteiger charge is 2.27. The zero-order chi connectivity index (χ0) is 12.7. The SMILES string of the molecule is CCC(CN)CC(=O)NCC1(C)CCOCC1. The summed E-state index contributed by atoms with van der Waals surface area (Å²) in [5.41, 5.74) is 5.81. The molecule has 17 heavy (non-hydrogen) atoms. The Morgan fingerprint density at radius 3 is 2.65 bits per heavy atom. The van der Waals surface area contributed by atoms with E-state index in [0.717, 1.165) is 39.0 Å². The molecular formula is C13H26N2O2. The summed E-state index contributed by atoms with van der Waals surface area (Å²) in [6.45, 7) is 7.27. The molecule has 1 aliphatic rings. The molecule has 0 aliphatic carbocycles. The Hall–Kier alpha value is -0.610. The van der Waals surface area contributed by atoms with E-state index in [1.54, 1.807) is 0 Å². The van der Waals surface area contributed by atoms with Crippen LogP contribution in [0.15, 0.2) is 0 Å². The van der Waals surface area contributed by atoms with E-state index in [2.05, 4.69) is 19.2 Å². The fraction of sp³-hybridized carbons (Fsp3) is 0.923. The van der Waals surface area contributed by atoms with E-state index in [-0.39, 0.29) is 11.3 Å². The van der Waals surface area contributed by atoms with Gasteiger partial charge in [-0.2, -0.15) is 0 Å². The van der Waals surface area contributed by atoms with Crippen LogP contribution in [0.1, 0.15) is 39.5 Å². The van der Waals surface area contributed by atoms with Crippen LogP contribution in [0, 0.1) is 11.3 Å². The van der Waals surface area contributed by atoms with Crippen molar-refractivity contribution in [2.75, 3.05) is 26.3 Å². The molecule has 1 amide bonds. The van der Waals surface area contributed by atoms with Crippen LogP contribution in [0.25, 0.3) is 0 Å². The monoisotopic (exact) mass is 242 g/mol. The number of hydrogen-bond acceptors (Lipinski definition) is 3. The van der Waals surface area contributed by atoms with E-state index in [1.807, 2.05) is 0 Å². The lowest BCUT2D eigenvalue weighted by Crippen LogP contribution is -2.40. The van der Waals surface area contributed by atoms with E-state index in [1.165, 1.54) is 0 Å². The number of rotatable bonds is 6. The zero-order valence-electron chi connectivity index (χ0n) is 11.1. The molecule has 1 unspecified atom stereocenters. The second-order valence-electron chi connectivity index (χ2n) is 5.41. The maximum Gasteiger partial charge on any atom is 0.220 e. The second-order valence-corrected chi connectivity index (χ2v) is 5.41. The van der Waals surface area contributed by atoms with Crippen LogP contribution in [-0.2, 0) is 9.53 Å². The summed E-state index contributed by atoms with van der Waals surface area (Å²) in [6.07, 6.45) is 3.58. The number of nitrogens with two attached hydrogens (primary N) is 1. The lowest BCUT2D eigenvalue weighted by molar-refractivity contribution is -0.122. The molecule has 1 aliphatic heterocycles. The third-order valence-corrected chi connectivity index (χ3v) is 3.80. The highest BCUT2D eigenvalue weighted by Crippen LogP contribution is 2.28. The van der Waals surface area contributed by atoms with Crippen LogP contribution in [0.3, 0.4) is 0 Å². The molecule has 0 saturated carbocycles. The lowest BCUT2D eigenvalue weighted by Gasteiger charge is -2.33. The molecule has 1 atom stereocenters. The standard InChI is InChI=1S/C13H26N2O2/c1-3-11(9-14)8-12(16)15-10-13(2)4-6-17-7-5-13/h11H,3-10,14H2,1-2H3,(H,15,16). The Bertz CT molecular complexity index is 234. The number of carbonyl (C=O) groups excluding carboxylic acids is 1. The van der Waals surface area contributed by atoms with Crippen LogP contribution in [0.4, 0.5) is 0 Å². The largest absolute Gasteiger partial charge is 0.381 e. The maximum absolute atomic E-state index is 11.8.